The van der Waals surface area contributed by atoms with Crippen LogP contribution in [0.1, 0.15) is 23.6 Å². The number of benzene rings is 2. The van der Waals surface area contributed by atoms with Gasteiger partial charge in [0.25, 0.3) is 0 Å². The Morgan fingerprint density at radius 1 is 1.10 bits per heavy atom. The van der Waals surface area contributed by atoms with Crippen molar-refractivity contribution in [3.63, 3.8) is 0 Å². The van der Waals surface area contributed by atoms with Crippen LogP contribution in [0.3, 0.4) is 0 Å². The maximum absolute atomic E-state index is 8.95. The van der Waals surface area contributed by atoms with E-state index in [0.29, 0.717) is 24.5 Å². The summed E-state index contributed by atoms with van der Waals surface area (Å²) >= 11 is 0. The molecule has 0 aliphatic rings. The van der Waals surface area contributed by atoms with Crippen molar-refractivity contribution in [3.05, 3.63) is 59.7 Å². The molecule has 0 saturated carbocycles. The topological polar surface area (TPSA) is 64.7 Å². The summed E-state index contributed by atoms with van der Waals surface area (Å²) in [6, 6.07) is 15.4. The molecule has 0 amide bonds. The van der Waals surface area contributed by atoms with Crippen LogP contribution >= 0.6 is 0 Å². The van der Waals surface area contributed by atoms with Gasteiger partial charge < -0.3 is 20.3 Å². The fourth-order valence-electron chi connectivity index (χ4n) is 2.08. The summed E-state index contributed by atoms with van der Waals surface area (Å²) in [5.41, 5.74) is 8.01. The van der Waals surface area contributed by atoms with E-state index in [4.69, 9.17) is 20.3 Å². The third kappa shape index (κ3) is 4.21. The Balaban J connectivity index is 2.09. The van der Waals surface area contributed by atoms with Crippen molar-refractivity contribution in [2.75, 3.05) is 13.7 Å². The van der Waals surface area contributed by atoms with Gasteiger partial charge in [-0.1, -0.05) is 36.4 Å². The van der Waals surface area contributed by atoms with E-state index in [1.54, 1.807) is 7.11 Å². The predicted molar refractivity (Wildman–Crippen MR) is 82.4 cm³/mol. The molecule has 0 heterocycles. The van der Waals surface area contributed by atoms with Crippen molar-refractivity contribution in [1.82, 2.24) is 0 Å². The highest BCUT2D eigenvalue weighted by Gasteiger charge is 2.11. The van der Waals surface area contributed by atoms with Crippen molar-refractivity contribution in [2.45, 2.75) is 19.1 Å². The molecule has 2 aromatic carbocycles. The second-order valence-electron chi connectivity index (χ2n) is 4.80. The number of methoxy groups -OCH3 is 1. The van der Waals surface area contributed by atoms with Crippen LogP contribution in [0.15, 0.2) is 48.5 Å². The standard InChI is InChI=1S/C17H21NO3/c1-20-17-11-14(15(18)9-10-19)7-8-16(17)21-12-13-5-3-2-4-6-13/h2-8,11,15,19H,9-10,12,18H2,1H3/t15-/m0/s1. The van der Waals surface area contributed by atoms with Gasteiger partial charge in [0, 0.05) is 12.6 Å². The first-order chi connectivity index (χ1) is 10.2. The maximum atomic E-state index is 8.95. The second-order valence-corrected chi connectivity index (χ2v) is 4.80. The summed E-state index contributed by atoms with van der Waals surface area (Å²) in [6.45, 7) is 0.551. The van der Waals surface area contributed by atoms with Gasteiger partial charge in [0.15, 0.2) is 11.5 Å². The van der Waals surface area contributed by atoms with E-state index in [1.807, 2.05) is 48.5 Å². The summed E-state index contributed by atoms with van der Waals surface area (Å²) in [7, 11) is 1.60. The van der Waals surface area contributed by atoms with Gasteiger partial charge in [0.1, 0.15) is 6.61 Å². The van der Waals surface area contributed by atoms with Gasteiger partial charge in [-0.05, 0) is 29.7 Å². The first-order valence-electron chi connectivity index (χ1n) is 6.95. The van der Waals surface area contributed by atoms with E-state index < -0.39 is 0 Å². The number of hydrogen-bond donors (Lipinski definition) is 2. The van der Waals surface area contributed by atoms with Gasteiger partial charge in [-0.15, -0.1) is 0 Å². The predicted octanol–water partition coefficient (Wildman–Crippen LogP) is 2.66. The molecular weight excluding hydrogens is 266 g/mol. The van der Waals surface area contributed by atoms with Gasteiger partial charge in [0.2, 0.25) is 0 Å². The Morgan fingerprint density at radius 2 is 1.86 bits per heavy atom. The van der Waals surface area contributed by atoms with Crippen LogP contribution in [0.5, 0.6) is 11.5 Å². The van der Waals surface area contributed by atoms with Crippen LogP contribution < -0.4 is 15.2 Å². The summed E-state index contributed by atoms with van der Waals surface area (Å²) in [4.78, 5) is 0. The number of nitrogens with two attached hydrogens (primary N) is 1. The van der Waals surface area contributed by atoms with Crippen molar-refractivity contribution in [3.8, 4) is 11.5 Å². The van der Waals surface area contributed by atoms with Crippen LogP contribution in [0.4, 0.5) is 0 Å². The molecule has 0 radical (unpaired) electrons. The summed E-state index contributed by atoms with van der Waals surface area (Å²) < 4.78 is 11.2. The average Bonchev–Trinajstić information content (AvgIpc) is 2.54. The van der Waals surface area contributed by atoms with Crippen molar-refractivity contribution in [1.29, 1.82) is 0 Å². The van der Waals surface area contributed by atoms with E-state index in [9.17, 15) is 0 Å². The van der Waals surface area contributed by atoms with Crippen LogP contribution in [0.25, 0.3) is 0 Å². The number of hydrogen-bond acceptors (Lipinski definition) is 4. The molecule has 0 spiro atoms. The highest BCUT2D eigenvalue weighted by atomic mass is 16.5. The van der Waals surface area contributed by atoms with E-state index in [2.05, 4.69) is 0 Å². The van der Waals surface area contributed by atoms with E-state index in [1.165, 1.54) is 0 Å². The minimum atomic E-state index is -0.202. The smallest absolute Gasteiger partial charge is 0.161 e. The Bertz CT molecular complexity index is 557. The molecule has 112 valence electrons. The molecule has 2 rings (SSSR count). The monoisotopic (exact) mass is 287 g/mol. The Labute approximate surface area is 125 Å². The number of aliphatic hydroxyl groups is 1. The van der Waals surface area contributed by atoms with Crippen LogP contribution in [0.2, 0.25) is 0 Å². The van der Waals surface area contributed by atoms with Crippen LogP contribution in [0, 0.1) is 0 Å². The highest BCUT2D eigenvalue weighted by Crippen LogP contribution is 2.31. The zero-order valence-electron chi connectivity index (χ0n) is 12.2. The molecule has 3 N–H and O–H groups in total. The molecule has 0 aliphatic carbocycles. The van der Waals surface area contributed by atoms with Crippen LogP contribution in [-0.2, 0) is 6.61 Å². The first-order valence-corrected chi connectivity index (χ1v) is 6.95. The minimum Gasteiger partial charge on any atom is -0.493 e. The number of aliphatic hydroxyl groups excluding tert-OH is 1. The van der Waals surface area contributed by atoms with E-state index in [0.717, 1.165) is 11.1 Å². The zero-order chi connectivity index (χ0) is 15.1. The molecule has 4 heteroatoms. The molecule has 0 unspecified atom stereocenters. The lowest BCUT2D eigenvalue weighted by molar-refractivity contribution is 0.275. The number of rotatable bonds is 7. The van der Waals surface area contributed by atoms with Crippen molar-refractivity contribution >= 4 is 0 Å². The Kier molecular flexibility index (Phi) is 5.60. The maximum Gasteiger partial charge on any atom is 0.161 e. The lowest BCUT2D eigenvalue weighted by atomic mass is 10.0. The van der Waals surface area contributed by atoms with Crippen molar-refractivity contribution in [2.24, 2.45) is 5.73 Å². The molecule has 0 bridgehead atoms. The molecule has 2 aromatic rings. The van der Waals surface area contributed by atoms with Gasteiger partial charge in [-0.25, -0.2) is 0 Å². The average molecular weight is 287 g/mol. The summed E-state index contributed by atoms with van der Waals surface area (Å²) in [6.07, 6.45) is 0.521. The quantitative estimate of drug-likeness (QED) is 0.821. The van der Waals surface area contributed by atoms with Gasteiger partial charge >= 0.3 is 0 Å². The summed E-state index contributed by atoms with van der Waals surface area (Å²) in [5.74, 6) is 1.33. The first kappa shape index (κ1) is 15.4. The third-order valence-electron chi connectivity index (χ3n) is 3.29. The molecule has 0 aromatic heterocycles. The normalized spacial score (nSPS) is 12.0. The van der Waals surface area contributed by atoms with Crippen molar-refractivity contribution < 1.29 is 14.6 Å². The van der Waals surface area contributed by atoms with E-state index >= 15 is 0 Å². The second kappa shape index (κ2) is 7.67. The fraction of sp³-hybridized carbons (Fsp3) is 0.294. The molecule has 4 nitrogen and oxygen atoms in total. The van der Waals surface area contributed by atoms with Gasteiger partial charge in [0.05, 0.1) is 7.11 Å². The molecular formula is C17H21NO3. The Hall–Kier alpha value is -2.04. The fourth-order valence-corrected chi connectivity index (χ4v) is 2.08. The lowest BCUT2D eigenvalue weighted by Crippen LogP contribution is -2.12. The molecule has 0 aliphatic heterocycles. The molecule has 1 atom stereocenters. The number of ether oxygens (including phenoxy) is 2. The van der Waals surface area contributed by atoms with Gasteiger partial charge in [-0.3, -0.25) is 0 Å². The lowest BCUT2D eigenvalue weighted by Gasteiger charge is -2.15. The zero-order valence-corrected chi connectivity index (χ0v) is 12.2. The molecule has 0 fully saturated rings. The van der Waals surface area contributed by atoms with Gasteiger partial charge in [-0.2, -0.15) is 0 Å². The Morgan fingerprint density at radius 3 is 2.52 bits per heavy atom. The molecule has 0 saturated heterocycles. The highest BCUT2D eigenvalue weighted by molar-refractivity contribution is 5.44. The van der Waals surface area contributed by atoms with Crippen LogP contribution in [-0.4, -0.2) is 18.8 Å². The SMILES string of the molecule is COc1cc([C@@H](N)CCO)ccc1OCc1ccccc1. The largest absolute Gasteiger partial charge is 0.493 e. The minimum absolute atomic E-state index is 0.0652. The third-order valence-corrected chi connectivity index (χ3v) is 3.29. The van der Waals surface area contributed by atoms with E-state index in [-0.39, 0.29) is 12.6 Å². The summed E-state index contributed by atoms with van der Waals surface area (Å²) in [5, 5.41) is 8.95. The molecule has 21 heavy (non-hydrogen) atoms.